The Morgan fingerprint density at radius 1 is 1.40 bits per heavy atom. The van der Waals surface area contributed by atoms with Crippen molar-refractivity contribution in [2.45, 2.75) is 26.2 Å². The third-order valence-electron chi connectivity index (χ3n) is 2.29. The Hall–Kier alpha value is -1.02. The molecule has 0 saturated heterocycles. The lowest BCUT2D eigenvalue weighted by Gasteiger charge is -2.16. The Morgan fingerprint density at radius 2 is 2.00 bits per heavy atom. The molecule has 0 bridgehead atoms. The summed E-state index contributed by atoms with van der Waals surface area (Å²) in [6.45, 7) is 4.01. The molecule has 2 nitrogen and oxygen atoms in total. The lowest BCUT2D eigenvalue weighted by molar-refractivity contribution is -0.139. The molecule has 1 rings (SSSR count). The molecule has 82 valence electrons. The fourth-order valence-electron chi connectivity index (χ4n) is 1.59. The summed E-state index contributed by atoms with van der Waals surface area (Å²) in [5.41, 5.74) is 0.709. The zero-order valence-electron chi connectivity index (χ0n) is 8.90. The molecule has 1 unspecified atom stereocenters. The summed E-state index contributed by atoms with van der Waals surface area (Å²) in [5.74, 6) is -0.974. The van der Waals surface area contributed by atoms with Gasteiger partial charge in [-0.2, -0.15) is 0 Å². The quantitative estimate of drug-likeness (QED) is 0.853. The van der Waals surface area contributed by atoms with Gasteiger partial charge in [-0.1, -0.05) is 43.6 Å². The van der Waals surface area contributed by atoms with Crippen LogP contribution in [0.4, 0.5) is 0 Å². The van der Waals surface area contributed by atoms with Crippen molar-refractivity contribution in [2.75, 3.05) is 0 Å². The molecule has 1 aromatic carbocycles. The highest BCUT2D eigenvalue weighted by Gasteiger charge is 2.22. The maximum absolute atomic E-state index is 11.1. The fraction of sp³-hybridized carbons (Fsp3) is 0.417. The Balaban J connectivity index is 2.99. The van der Waals surface area contributed by atoms with Crippen molar-refractivity contribution in [3.05, 3.63) is 34.9 Å². The van der Waals surface area contributed by atoms with Crippen molar-refractivity contribution >= 4 is 17.6 Å². The first kappa shape index (κ1) is 12.1. The molecule has 0 heterocycles. The highest BCUT2D eigenvalue weighted by Crippen LogP contribution is 2.29. The van der Waals surface area contributed by atoms with Gasteiger partial charge >= 0.3 is 5.97 Å². The number of carboxylic acids is 1. The number of rotatable bonds is 4. The highest BCUT2D eigenvalue weighted by molar-refractivity contribution is 6.31. The van der Waals surface area contributed by atoms with Gasteiger partial charge < -0.3 is 5.11 Å². The number of carboxylic acid groups (broad SMARTS) is 1. The van der Waals surface area contributed by atoms with Gasteiger partial charge in [-0.25, -0.2) is 0 Å². The summed E-state index contributed by atoms with van der Waals surface area (Å²) in [6, 6.07) is 7.13. The third kappa shape index (κ3) is 3.24. The second-order valence-electron chi connectivity index (χ2n) is 4.04. The highest BCUT2D eigenvalue weighted by atomic mass is 35.5. The van der Waals surface area contributed by atoms with Crippen LogP contribution in [0.2, 0.25) is 5.02 Å². The van der Waals surface area contributed by atoms with Crippen molar-refractivity contribution in [2.24, 2.45) is 5.92 Å². The maximum atomic E-state index is 11.1. The van der Waals surface area contributed by atoms with Crippen molar-refractivity contribution in [3.63, 3.8) is 0 Å². The van der Waals surface area contributed by atoms with E-state index in [9.17, 15) is 4.79 Å². The van der Waals surface area contributed by atoms with Crippen LogP contribution < -0.4 is 0 Å². The standard InChI is InChI=1S/C12H15ClO2/c1-8(2)7-10(12(14)15)9-5-3-4-6-11(9)13/h3-6,8,10H,7H2,1-2H3,(H,14,15). The molecule has 0 spiro atoms. The van der Waals surface area contributed by atoms with Crippen LogP contribution in [0.1, 0.15) is 31.7 Å². The van der Waals surface area contributed by atoms with Gasteiger partial charge in [-0.3, -0.25) is 4.79 Å². The minimum atomic E-state index is -0.809. The minimum absolute atomic E-state index is 0.336. The predicted octanol–water partition coefficient (Wildman–Crippen LogP) is 3.55. The van der Waals surface area contributed by atoms with E-state index in [-0.39, 0.29) is 0 Å². The van der Waals surface area contributed by atoms with Gasteiger partial charge in [-0.05, 0) is 24.0 Å². The number of benzene rings is 1. The molecule has 0 aliphatic rings. The average molecular weight is 227 g/mol. The molecule has 0 aromatic heterocycles. The van der Waals surface area contributed by atoms with Crippen LogP contribution in [-0.2, 0) is 4.79 Å². The van der Waals surface area contributed by atoms with Crippen molar-refractivity contribution in [1.82, 2.24) is 0 Å². The zero-order valence-corrected chi connectivity index (χ0v) is 9.66. The number of hydrogen-bond acceptors (Lipinski definition) is 1. The molecule has 0 radical (unpaired) electrons. The maximum Gasteiger partial charge on any atom is 0.311 e. The van der Waals surface area contributed by atoms with Crippen LogP contribution in [0.15, 0.2) is 24.3 Å². The monoisotopic (exact) mass is 226 g/mol. The number of aliphatic carboxylic acids is 1. The number of halogens is 1. The van der Waals surface area contributed by atoms with E-state index < -0.39 is 11.9 Å². The van der Waals surface area contributed by atoms with E-state index in [4.69, 9.17) is 16.7 Å². The van der Waals surface area contributed by atoms with Crippen molar-refractivity contribution in [1.29, 1.82) is 0 Å². The van der Waals surface area contributed by atoms with Crippen LogP contribution in [0, 0.1) is 5.92 Å². The molecule has 0 amide bonds. The van der Waals surface area contributed by atoms with Gasteiger partial charge in [-0.15, -0.1) is 0 Å². The molecular weight excluding hydrogens is 212 g/mol. The molecule has 1 aromatic rings. The Kier molecular flexibility index (Phi) is 4.15. The Labute approximate surface area is 94.9 Å². The lowest BCUT2D eigenvalue weighted by Crippen LogP contribution is -2.14. The largest absolute Gasteiger partial charge is 0.481 e. The van der Waals surface area contributed by atoms with Crippen LogP contribution in [-0.4, -0.2) is 11.1 Å². The number of hydrogen-bond donors (Lipinski definition) is 1. The summed E-state index contributed by atoms with van der Waals surface area (Å²) in [7, 11) is 0. The fourth-order valence-corrected chi connectivity index (χ4v) is 1.86. The minimum Gasteiger partial charge on any atom is -0.481 e. The van der Waals surface area contributed by atoms with E-state index in [1.807, 2.05) is 19.9 Å². The van der Waals surface area contributed by atoms with E-state index in [1.165, 1.54) is 0 Å². The molecule has 15 heavy (non-hydrogen) atoms. The van der Waals surface area contributed by atoms with Gasteiger partial charge in [0.2, 0.25) is 0 Å². The van der Waals surface area contributed by atoms with Crippen molar-refractivity contribution < 1.29 is 9.90 Å². The van der Waals surface area contributed by atoms with E-state index in [0.717, 1.165) is 0 Å². The van der Waals surface area contributed by atoms with Crippen LogP contribution in [0.3, 0.4) is 0 Å². The molecule has 1 atom stereocenters. The second kappa shape index (κ2) is 5.17. The van der Waals surface area contributed by atoms with Crippen LogP contribution in [0.5, 0.6) is 0 Å². The summed E-state index contributed by atoms with van der Waals surface area (Å²) < 4.78 is 0. The first-order valence-electron chi connectivity index (χ1n) is 4.99. The van der Waals surface area contributed by atoms with E-state index in [1.54, 1.807) is 18.2 Å². The normalized spacial score (nSPS) is 12.8. The summed E-state index contributed by atoms with van der Waals surface area (Å²) in [6.07, 6.45) is 0.610. The molecule has 3 heteroatoms. The van der Waals surface area contributed by atoms with E-state index in [0.29, 0.717) is 22.9 Å². The molecule has 0 aliphatic carbocycles. The molecule has 0 fully saturated rings. The number of carbonyl (C=O) groups is 1. The summed E-state index contributed by atoms with van der Waals surface area (Å²) in [5, 5.41) is 9.67. The van der Waals surface area contributed by atoms with E-state index >= 15 is 0 Å². The van der Waals surface area contributed by atoms with Gasteiger partial charge in [0.05, 0.1) is 5.92 Å². The summed E-state index contributed by atoms with van der Waals surface area (Å²) >= 11 is 5.98. The second-order valence-corrected chi connectivity index (χ2v) is 4.45. The third-order valence-corrected chi connectivity index (χ3v) is 2.63. The topological polar surface area (TPSA) is 37.3 Å². The molecule has 0 aliphatic heterocycles. The molecule has 0 saturated carbocycles. The summed E-state index contributed by atoms with van der Waals surface area (Å²) in [4.78, 5) is 11.1. The zero-order chi connectivity index (χ0) is 11.4. The average Bonchev–Trinajstić information content (AvgIpc) is 2.15. The predicted molar refractivity (Wildman–Crippen MR) is 61.3 cm³/mol. The van der Waals surface area contributed by atoms with Gasteiger partial charge in [0, 0.05) is 5.02 Å². The van der Waals surface area contributed by atoms with Crippen molar-refractivity contribution in [3.8, 4) is 0 Å². The smallest absolute Gasteiger partial charge is 0.311 e. The Bertz CT molecular complexity index is 347. The van der Waals surface area contributed by atoms with Gasteiger partial charge in [0.25, 0.3) is 0 Å². The molecular formula is C12H15ClO2. The van der Waals surface area contributed by atoms with E-state index in [2.05, 4.69) is 0 Å². The SMILES string of the molecule is CC(C)CC(C(=O)O)c1ccccc1Cl. The van der Waals surface area contributed by atoms with Gasteiger partial charge in [0.1, 0.15) is 0 Å². The molecule has 1 N–H and O–H groups in total. The Morgan fingerprint density at radius 3 is 2.47 bits per heavy atom. The van der Waals surface area contributed by atoms with Crippen LogP contribution in [0.25, 0.3) is 0 Å². The van der Waals surface area contributed by atoms with Gasteiger partial charge in [0.15, 0.2) is 0 Å². The lowest BCUT2D eigenvalue weighted by atomic mass is 9.90. The van der Waals surface area contributed by atoms with Crippen LogP contribution >= 0.6 is 11.6 Å². The first-order valence-corrected chi connectivity index (χ1v) is 5.37. The first-order chi connectivity index (χ1) is 7.02.